The van der Waals surface area contributed by atoms with E-state index in [0.29, 0.717) is 40.0 Å². The van der Waals surface area contributed by atoms with Crippen molar-refractivity contribution < 1.29 is 9.18 Å². The molecule has 2 aromatic heterocycles. The van der Waals surface area contributed by atoms with E-state index < -0.39 is 0 Å². The summed E-state index contributed by atoms with van der Waals surface area (Å²) in [4.78, 5) is 29.8. The number of nitrogens with one attached hydrogen (secondary N) is 2. The van der Waals surface area contributed by atoms with E-state index in [9.17, 15) is 14.0 Å². The summed E-state index contributed by atoms with van der Waals surface area (Å²) in [5.74, 6) is -0.524. The number of hydrogen-bond acceptors (Lipinski definition) is 5. The van der Waals surface area contributed by atoms with Gasteiger partial charge in [0.15, 0.2) is 0 Å². The molecule has 4 aromatic rings. The molecular weight excluding hydrogens is 423 g/mol. The molecule has 2 heterocycles. The van der Waals surface area contributed by atoms with Crippen LogP contribution in [-0.4, -0.2) is 57.0 Å². The average molecular weight is 449 g/mol. The maximum atomic E-state index is 13.6. The lowest BCUT2D eigenvalue weighted by atomic mass is 10.1. The van der Waals surface area contributed by atoms with Gasteiger partial charge in [-0.05, 0) is 61.6 Å². The topological polar surface area (TPSA) is 95.9 Å². The Kier molecular flexibility index (Phi) is 6.60. The normalized spacial score (nSPS) is 11.3. The molecule has 0 unspecified atom stereocenters. The fourth-order valence-corrected chi connectivity index (χ4v) is 3.62. The molecule has 33 heavy (non-hydrogen) atoms. The van der Waals surface area contributed by atoms with Gasteiger partial charge in [0.1, 0.15) is 11.5 Å². The van der Waals surface area contributed by atoms with Crippen molar-refractivity contribution in [2.45, 2.75) is 13.8 Å². The molecule has 0 bridgehead atoms. The molecule has 0 fully saturated rings. The van der Waals surface area contributed by atoms with Crippen molar-refractivity contribution in [2.24, 2.45) is 0 Å². The van der Waals surface area contributed by atoms with Crippen LogP contribution in [0.2, 0.25) is 0 Å². The highest BCUT2D eigenvalue weighted by Crippen LogP contribution is 2.19. The first-order valence-corrected chi connectivity index (χ1v) is 10.8. The Balaban J connectivity index is 1.49. The second kappa shape index (κ2) is 9.74. The van der Waals surface area contributed by atoms with E-state index in [0.717, 1.165) is 19.6 Å². The first-order valence-electron chi connectivity index (χ1n) is 10.8. The number of halogens is 1. The van der Waals surface area contributed by atoms with Gasteiger partial charge in [0.05, 0.1) is 17.4 Å². The summed E-state index contributed by atoms with van der Waals surface area (Å²) in [6.45, 7) is 7.47. The molecule has 0 aliphatic rings. The Morgan fingerprint density at radius 1 is 1.12 bits per heavy atom. The predicted octanol–water partition coefficient (Wildman–Crippen LogP) is 2.99. The lowest BCUT2D eigenvalue weighted by molar-refractivity contribution is 0.0949. The van der Waals surface area contributed by atoms with Crippen LogP contribution in [0.4, 0.5) is 4.39 Å². The monoisotopic (exact) mass is 448 g/mol. The largest absolute Gasteiger partial charge is 0.351 e. The van der Waals surface area contributed by atoms with Gasteiger partial charge in [-0.1, -0.05) is 19.1 Å². The molecule has 1 amide bonds. The minimum atomic E-state index is -0.388. The summed E-state index contributed by atoms with van der Waals surface area (Å²) in [7, 11) is 0. The van der Waals surface area contributed by atoms with Crippen LogP contribution in [0.15, 0.2) is 59.5 Å². The molecule has 4 rings (SSSR count). The van der Waals surface area contributed by atoms with Crippen LogP contribution in [0.3, 0.4) is 0 Å². The van der Waals surface area contributed by atoms with Gasteiger partial charge in [-0.25, -0.2) is 9.07 Å². The van der Waals surface area contributed by atoms with Crippen LogP contribution in [0, 0.1) is 5.82 Å². The Hall–Kier alpha value is -3.85. The van der Waals surface area contributed by atoms with Gasteiger partial charge in [-0.3, -0.25) is 9.59 Å². The minimum Gasteiger partial charge on any atom is -0.351 e. The lowest BCUT2D eigenvalue weighted by Gasteiger charge is -2.17. The zero-order valence-electron chi connectivity index (χ0n) is 18.5. The molecule has 0 saturated heterocycles. The van der Waals surface area contributed by atoms with E-state index in [1.54, 1.807) is 36.5 Å². The SMILES string of the molecule is CCN(CC)CCNC(=O)c1ccc(-n2cc(-c3cc4cc(F)ccc4[nH]c3=O)nn2)cc1. The predicted molar refractivity (Wildman–Crippen MR) is 125 cm³/mol. The van der Waals surface area contributed by atoms with Crippen LogP contribution in [0.5, 0.6) is 0 Å². The number of amides is 1. The van der Waals surface area contributed by atoms with Crippen LogP contribution in [0.1, 0.15) is 24.2 Å². The molecule has 0 saturated carbocycles. The maximum absolute atomic E-state index is 13.6. The highest BCUT2D eigenvalue weighted by molar-refractivity contribution is 5.94. The summed E-state index contributed by atoms with van der Waals surface area (Å²) >= 11 is 0. The zero-order valence-corrected chi connectivity index (χ0v) is 18.5. The van der Waals surface area contributed by atoms with E-state index in [1.165, 1.54) is 22.9 Å². The summed E-state index contributed by atoms with van der Waals surface area (Å²) < 4.78 is 15.1. The third-order valence-corrected chi connectivity index (χ3v) is 5.58. The van der Waals surface area contributed by atoms with E-state index in [1.807, 2.05) is 0 Å². The van der Waals surface area contributed by atoms with Crippen LogP contribution in [0.25, 0.3) is 27.8 Å². The number of carbonyl (C=O) groups excluding carboxylic acids is 1. The minimum absolute atomic E-state index is 0.136. The molecule has 2 N–H and O–H groups in total. The number of fused-ring (bicyclic) bond motifs is 1. The number of pyridine rings is 1. The average Bonchev–Trinajstić information content (AvgIpc) is 3.32. The van der Waals surface area contributed by atoms with E-state index >= 15 is 0 Å². The molecule has 0 aliphatic heterocycles. The van der Waals surface area contributed by atoms with Gasteiger partial charge in [0.25, 0.3) is 11.5 Å². The van der Waals surface area contributed by atoms with Crippen LogP contribution >= 0.6 is 0 Å². The van der Waals surface area contributed by atoms with Gasteiger partial charge < -0.3 is 15.2 Å². The van der Waals surface area contributed by atoms with Gasteiger partial charge in [0.2, 0.25) is 0 Å². The van der Waals surface area contributed by atoms with Crippen LogP contribution in [-0.2, 0) is 0 Å². The number of aromatic nitrogens is 4. The smallest absolute Gasteiger partial charge is 0.258 e. The Labute approximate surface area is 190 Å². The zero-order chi connectivity index (χ0) is 23.4. The van der Waals surface area contributed by atoms with Crippen molar-refractivity contribution in [3.05, 3.63) is 76.5 Å². The van der Waals surface area contributed by atoms with Gasteiger partial charge in [0, 0.05) is 29.6 Å². The number of benzene rings is 2. The van der Waals surface area contributed by atoms with E-state index in [4.69, 9.17) is 0 Å². The van der Waals surface area contributed by atoms with Crippen molar-refractivity contribution in [1.82, 2.24) is 30.2 Å². The molecule has 8 nitrogen and oxygen atoms in total. The molecule has 0 radical (unpaired) electrons. The number of likely N-dealkylation sites (N-methyl/N-ethyl adjacent to an activating group) is 1. The van der Waals surface area contributed by atoms with Gasteiger partial charge >= 0.3 is 0 Å². The molecule has 2 aromatic carbocycles. The third-order valence-electron chi connectivity index (χ3n) is 5.58. The Morgan fingerprint density at radius 2 is 1.88 bits per heavy atom. The summed E-state index contributed by atoms with van der Waals surface area (Å²) in [6.07, 6.45) is 1.62. The van der Waals surface area contributed by atoms with Crippen molar-refractivity contribution in [1.29, 1.82) is 0 Å². The van der Waals surface area contributed by atoms with Gasteiger partial charge in [-0.2, -0.15) is 0 Å². The molecule has 9 heteroatoms. The molecule has 0 spiro atoms. The van der Waals surface area contributed by atoms with Gasteiger partial charge in [-0.15, -0.1) is 5.10 Å². The Morgan fingerprint density at radius 3 is 2.61 bits per heavy atom. The molecule has 170 valence electrons. The Bertz CT molecular complexity index is 1330. The number of carbonyl (C=O) groups is 1. The lowest BCUT2D eigenvalue weighted by Crippen LogP contribution is -2.34. The van der Waals surface area contributed by atoms with E-state index in [-0.39, 0.29) is 17.3 Å². The standard InChI is InChI=1S/C24H25FN6O2/c1-3-30(4-2)12-11-26-23(32)16-5-8-19(9-6-16)31-15-22(28-29-31)20-14-17-13-18(25)7-10-21(17)27-24(20)33/h5-10,13-15H,3-4,11-12H2,1-2H3,(H,26,32)(H,27,33). The summed E-state index contributed by atoms with van der Waals surface area (Å²) in [5.41, 5.74) is 2.11. The summed E-state index contributed by atoms with van der Waals surface area (Å²) in [6, 6.07) is 12.7. The second-order valence-corrected chi connectivity index (χ2v) is 7.62. The number of hydrogen-bond donors (Lipinski definition) is 2. The quantitative estimate of drug-likeness (QED) is 0.432. The maximum Gasteiger partial charge on any atom is 0.258 e. The molecule has 0 aliphatic carbocycles. The summed E-state index contributed by atoms with van der Waals surface area (Å²) in [5, 5.41) is 11.7. The van der Waals surface area contributed by atoms with Crippen LogP contribution < -0.4 is 10.9 Å². The first kappa shape index (κ1) is 22.3. The highest BCUT2D eigenvalue weighted by Gasteiger charge is 2.12. The number of nitrogens with zero attached hydrogens (tertiary/aromatic N) is 4. The number of rotatable bonds is 8. The third kappa shape index (κ3) is 4.98. The van der Waals surface area contributed by atoms with Crippen molar-refractivity contribution >= 4 is 16.8 Å². The fourth-order valence-electron chi connectivity index (χ4n) is 3.62. The van der Waals surface area contributed by atoms with Crippen molar-refractivity contribution in [3.8, 4) is 16.9 Å². The second-order valence-electron chi connectivity index (χ2n) is 7.62. The van der Waals surface area contributed by atoms with Crippen molar-refractivity contribution in [2.75, 3.05) is 26.2 Å². The molecular formula is C24H25FN6O2. The number of H-pyrrole nitrogens is 1. The molecule has 0 atom stereocenters. The fraction of sp³-hybridized carbons (Fsp3) is 0.250. The van der Waals surface area contributed by atoms with E-state index in [2.05, 4.69) is 39.4 Å². The highest BCUT2D eigenvalue weighted by atomic mass is 19.1. The first-order chi connectivity index (χ1) is 16.0. The number of aromatic amines is 1. The van der Waals surface area contributed by atoms with Crippen molar-refractivity contribution in [3.63, 3.8) is 0 Å².